The molecule has 4 aliphatic rings. The average Bonchev–Trinajstić information content (AvgIpc) is 3.82. The summed E-state index contributed by atoms with van der Waals surface area (Å²) in [7, 11) is -6.14. The van der Waals surface area contributed by atoms with Crippen LogP contribution < -0.4 is 15.4 Å². The van der Waals surface area contributed by atoms with E-state index in [1.807, 2.05) is 12.2 Å². The van der Waals surface area contributed by atoms with Gasteiger partial charge in [-0.3, -0.25) is 19.1 Å². The summed E-state index contributed by atoms with van der Waals surface area (Å²) in [5, 5.41) is 4.95. The lowest BCUT2D eigenvalue weighted by Gasteiger charge is -2.38. The predicted molar refractivity (Wildman–Crippen MR) is 177 cm³/mol. The summed E-state index contributed by atoms with van der Waals surface area (Å²) in [5.74, 6) is -2.08. The number of hydrogen-bond donors (Lipinski definition) is 3. The maximum absolute atomic E-state index is 14.3. The van der Waals surface area contributed by atoms with Gasteiger partial charge in [0.2, 0.25) is 21.8 Å². The van der Waals surface area contributed by atoms with Crippen molar-refractivity contribution >= 4 is 42.2 Å². The van der Waals surface area contributed by atoms with E-state index in [1.54, 1.807) is 20.8 Å². The Morgan fingerprint density at radius 1 is 1.04 bits per heavy atom. The van der Waals surface area contributed by atoms with E-state index >= 15 is 0 Å². The van der Waals surface area contributed by atoms with Gasteiger partial charge in [-0.05, 0) is 77.4 Å². The molecule has 0 radical (unpaired) electrons. The average molecular weight is 683 g/mol. The number of fused-ring (bicyclic) bond motifs is 2. The standard InChI is InChI=1S/C32H54N4O8SSi/c1-30(2,3)43-29(40)33-24-15-13-11-9-10-12-14-21-19-32(21,28(39)35-45(41,42)23-16-17-23)34-26(37)25-18-22(20-36(25)27(24)38)44-46(7,8)31(4,5)6/h12,14,21-25H,9-11,13,15-20H2,1-8H3,(H,33,40)(H,34,37)(H,35,39)/b14-12-. The molecule has 5 unspecified atom stereocenters. The Kier molecular flexibility index (Phi) is 10.5. The minimum atomic E-state index is -3.84. The maximum atomic E-state index is 14.3. The van der Waals surface area contributed by atoms with Crippen molar-refractivity contribution in [3.05, 3.63) is 12.2 Å². The molecule has 0 aromatic carbocycles. The van der Waals surface area contributed by atoms with Crippen molar-refractivity contribution in [3.63, 3.8) is 0 Å². The van der Waals surface area contributed by atoms with Crippen LogP contribution in [0.2, 0.25) is 18.1 Å². The molecule has 0 aromatic rings. The number of allylic oxidation sites excluding steroid dienone is 1. The molecule has 0 bridgehead atoms. The first-order chi connectivity index (χ1) is 21.2. The van der Waals surface area contributed by atoms with E-state index < -0.39 is 76.7 Å². The molecular weight excluding hydrogens is 629 g/mol. The van der Waals surface area contributed by atoms with Crippen LogP contribution in [-0.2, 0) is 33.6 Å². The Morgan fingerprint density at radius 3 is 2.33 bits per heavy atom. The van der Waals surface area contributed by atoms with Gasteiger partial charge < -0.3 is 24.7 Å². The molecule has 3 N–H and O–H groups in total. The van der Waals surface area contributed by atoms with Gasteiger partial charge in [0.25, 0.3) is 5.91 Å². The van der Waals surface area contributed by atoms with E-state index in [1.165, 1.54) is 4.90 Å². The molecule has 2 heterocycles. The third-order valence-corrected chi connectivity index (χ3v) is 16.2. The Balaban J connectivity index is 1.65. The quantitative estimate of drug-likeness (QED) is 0.281. The van der Waals surface area contributed by atoms with E-state index in [0.717, 1.165) is 19.3 Å². The van der Waals surface area contributed by atoms with Gasteiger partial charge in [-0.1, -0.05) is 45.8 Å². The number of sulfonamides is 1. The number of carbonyl (C=O) groups is 4. The van der Waals surface area contributed by atoms with Crippen LogP contribution >= 0.6 is 0 Å². The normalized spacial score (nSPS) is 30.6. The van der Waals surface area contributed by atoms with E-state index in [4.69, 9.17) is 9.16 Å². The predicted octanol–water partition coefficient (Wildman–Crippen LogP) is 3.87. The zero-order chi connectivity index (χ0) is 34.3. The molecule has 1 saturated heterocycles. The second-order valence-electron chi connectivity index (χ2n) is 16.0. The van der Waals surface area contributed by atoms with Crippen molar-refractivity contribution in [2.45, 2.75) is 152 Å². The summed E-state index contributed by atoms with van der Waals surface area (Å²) in [6, 6.07) is -1.91. The summed E-state index contributed by atoms with van der Waals surface area (Å²) < 4.78 is 39.8. The second-order valence-corrected chi connectivity index (χ2v) is 22.7. The monoisotopic (exact) mass is 682 g/mol. The van der Waals surface area contributed by atoms with Gasteiger partial charge >= 0.3 is 6.09 Å². The Hall–Kier alpha value is -2.45. The molecule has 2 aliphatic carbocycles. The first kappa shape index (κ1) is 36.4. The molecule has 4 amide bonds. The number of amides is 4. The Labute approximate surface area is 275 Å². The van der Waals surface area contributed by atoms with E-state index in [9.17, 15) is 27.6 Å². The zero-order valence-corrected chi connectivity index (χ0v) is 30.6. The van der Waals surface area contributed by atoms with Crippen LogP contribution in [0.15, 0.2) is 12.2 Å². The number of carbonyl (C=O) groups excluding carboxylic acids is 4. The maximum Gasteiger partial charge on any atom is 0.408 e. The van der Waals surface area contributed by atoms with Gasteiger partial charge in [0.1, 0.15) is 23.2 Å². The van der Waals surface area contributed by atoms with Crippen LogP contribution in [0, 0.1) is 5.92 Å². The van der Waals surface area contributed by atoms with Gasteiger partial charge in [-0.2, -0.15) is 0 Å². The minimum absolute atomic E-state index is 0.112. The third-order valence-electron chi connectivity index (χ3n) is 9.80. The molecule has 2 aliphatic heterocycles. The van der Waals surface area contributed by atoms with Crippen LogP contribution in [0.3, 0.4) is 0 Å². The first-order valence-corrected chi connectivity index (χ1v) is 21.1. The summed E-state index contributed by atoms with van der Waals surface area (Å²) in [4.78, 5) is 56.3. The minimum Gasteiger partial charge on any atom is -0.444 e. The number of ether oxygens (including phenoxy) is 1. The first-order valence-electron chi connectivity index (χ1n) is 16.7. The van der Waals surface area contributed by atoms with Crippen molar-refractivity contribution in [3.8, 4) is 0 Å². The molecule has 12 nitrogen and oxygen atoms in total. The summed E-state index contributed by atoms with van der Waals surface area (Å²) in [5.41, 5.74) is -2.20. The Bertz CT molecular complexity index is 1330. The fourth-order valence-electron chi connectivity index (χ4n) is 5.89. The second kappa shape index (κ2) is 13.2. The molecule has 0 aromatic heterocycles. The molecule has 4 rings (SSSR count). The van der Waals surface area contributed by atoms with Crippen LogP contribution in [0.4, 0.5) is 4.79 Å². The molecule has 2 saturated carbocycles. The van der Waals surface area contributed by atoms with Gasteiger partial charge in [0.05, 0.1) is 11.4 Å². The molecule has 46 heavy (non-hydrogen) atoms. The summed E-state index contributed by atoms with van der Waals surface area (Å²) >= 11 is 0. The molecule has 0 spiro atoms. The lowest BCUT2D eigenvalue weighted by molar-refractivity contribution is -0.141. The molecule has 3 fully saturated rings. The van der Waals surface area contributed by atoms with Gasteiger partial charge in [0.15, 0.2) is 8.32 Å². The topological polar surface area (TPSA) is 160 Å². The van der Waals surface area contributed by atoms with Crippen molar-refractivity contribution in [2.24, 2.45) is 5.92 Å². The molecule has 260 valence electrons. The van der Waals surface area contributed by atoms with Gasteiger partial charge in [-0.15, -0.1) is 0 Å². The van der Waals surface area contributed by atoms with Crippen molar-refractivity contribution < 1.29 is 36.8 Å². The van der Waals surface area contributed by atoms with Crippen LogP contribution in [-0.4, -0.2) is 86.6 Å². The fourth-order valence-corrected chi connectivity index (χ4v) is 8.61. The van der Waals surface area contributed by atoms with E-state index in [2.05, 4.69) is 49.2 Å². The van der Waals surface area contributed by atoms with Crippen LogP contribution in [0.5, 0.6) is 0 Å². The molecular formula is C32H54N4O8SSi. The summed E-state index contributed by atoms with van der Waals surface area (Å²) in [6.45, 7) is 16.0. The van der Waals surface area contributed by atoms with Crippen molar-refractivity contribution in [1.82, 2.24) is 20.3 Å². The lowest BCUT2D eigenvalue weighted by Crippen LogP contribution is -2.58. The number of hydrogen-bond acceptors (Lipinski definition) is 8. The highest BCUT2D eigenvalue weighted by Crippen LogP contribution is 2.46. The zero-order valence-electron chi connectivity index (χ0n) is 28.7. The van der Waals surface area contributed by atoms with Crippen molar-refractivity contribution in [2.75, 3.05) is 6.54 Å². The van der Waals surface area contributed by atoms with Gasteiger partial charge in [0, 0.05) is 18.9 Å². The van der Waals surface area contributed by atoms with Gasteiger partial charge in [-0.25, -0.2) is 13.2 Å². The SMILES string of the molecule is CC(C)(C)OC(=O)NC1CCCCC/C=C\C2CC2(C(=O)NS(=O)(=O)C2CC2)NC(=O)C2CC(O[Si](C)(C)C(C)(C)C)CN2C1=O. The highest BCUT2D eigenvalue weighted by molar-refractivity contribution is 7.91. The number of alkyl carbamates (subject to hydrolysis) is 1. The number of nitrogens with one attached hydrogen (secondary N) is 3. The van der Waals surface area contributed by atoms with E-state index in [-0.39, 0.29) is 30.3 Å². The Morgan fingerprint density at radius 2 is 1.72 bits per heavy atom. The summed E-state index contributed by atoms with van der Waals surface area (Å²) in [6.07, 6.45) is 7.56. The number of rotatable bonds is 6. The fraction of sp³-hybridized carbons (Fsp3) is 0.812. The largest absolute Gasteiger partial charge is 0.444 e. The number of nitrogens with zero attached hydrogens (tertiary/aromatic N) is 1. The third kappa shape index (κ3) is 8.71. The van der Waals surface area contributed by atoms with Crippen LogP contribution in [0.25, 0.3) is 0 Å². The lowest BCUT2D eigenvalue weighted by atomic mass is 10.0. The van der Waals surface area contributed by atoms with Crippen LogP contribution in [0.1, 0.15) is 99.3 Å². The molecule has 5 atom stereocenters. The smallest absolute Gasteiger partial charge is 0.408 e. The highest BCUT2D eigenvalue weighted by atomic mass is 32.2. The molecule has 14 heteroatoms. The van der Waals surface area contributed by atoms with Crippen molar-refractivity contribution in [1.29, 1.82) is 0 Å². The van der Waals surface area contributed by atoms with E-state index in [0.29, 0.717) is 25.7 Å². The highest BCUT2D eigenvalue weighted by Gasteiger charge is 2.62.